The highest BCUT2D eigenvalue weighted by Crippen LogP contribution is 2.10. The number of hydrogen-bond donors (Lipinski definition) is 2. The van der Waals surface area contributed by atoms with E-state index in [0.717, 1.165) is 5.56 Å². The summed E-state index contributed by atoms with van der Waals surface area (Å²) >= 11 is 0. The Morgan fingerprint density at radius 2 is 1.67 bits per heavy atom. The van der Waals surface area contributed by atoms with Crippen molar-refractivity contribution in [1.82, 2.24) is 0 Å². The summed E-state index contributed by atoms with van der Waals surface area (Å²) in [5, 5.41) is 2.73. The van der Waals surface area contributed by atoms with Crippen LogP contribution < -0.4 is 11.1 Å². The van der Waals surface area contributed by atoms with Crippen LogP contribution in [0.4, 0.5) is 5.69 Å². The molecule has 21 heavy (non-hydrogen) atoms. The van der Waals surface area contributed by atoms with Crippen molar-refractivity contribution in [2.24, 2.45) is 5.73 Å². The van der Waals surface area contributed by atoms with Gasteiger partial charge in [0.15, 0.2) is 5.78 Å². The fourth-order valence-corrected chi connectivity index (χ4v) is 1.78. The van der Waals surface area contributed by atoms with Crippen LogP contribution >= 0.6 is 0 Å². The SMILES string of the molecule is NCC(=O)c1ccc(NC(=O)/C=C/c2ccccc2)cc1. The van der Waals surface area contributed by atoms with Gasteiger partial charge < -0.3 is 11.1 Å². The molecule has 2 aromatic carbocycles. The highest BCUT2D eigenvalue weighted by atomic mass is 16.1. The molecule has 3 N–H and O–H groups in total. The predicted molar refractivity (Wildman–Crippen MR) is 83.9 cm³/mol. The van der Waals surface area contributed by atoms with Crippen molar-refractivity contribution < 1.29 is 9.59 Å². The van der Waals surface area contributed by atoms with Gasteiger partial charge in [0, 0.05) is 17.3 Å². The number of anilines is 1. The lowest BCUT2D eigenvalue weighted by molar-refractivity contribution is -0.111. The number of carbonyl (C=O) groups excluding carboxylic acids is 2. The van der Waals surface area contributed by atoms with Crippen LogP contribution in [0.15, 0.2) is 60.7 Å². The topological polar surface area (TPSA) is 72.2 Å². The Labute approximate surface area is 123 Å². The largest absolute Gasteiger partial charge is 0.324 e. The van der Waals surface area contributed by atoms with Crippen molar-refractivity contribution in [1.29, 1.82) is 0 Å². The molecule has 0 aliphatic carbocycles. The van der Waals surface area contributed by atoms with Crippen molar-refractivity contribution in [3.05, 3.63) is 71.8 Å². The molecule has 0 radical (unpaired) electrons. The van der Waals surface area contributed by atoms with Gasteiger partial charge in [0.1, 0.15) is 0 Å². The maximum absolute atomic E-state index is 11.8. The summed E-state index contributed by atoms with van der Waals surface area (Å²) in [6.07, 6.45) is 3.20. The predicted octanol–water partition coefficient (Wildman–Crippen LogP) is 2.48. The molecule has 4 nitrogen and oxygen atoms in total. The van der Waals surface area contributed by atoms with E-state index in [1.807, 2.05) is 30.3 Å². The Hall–Kier alpha value is -2.72. The van der Waals surface area contributed by atoms with E-state index in [9.17, 15) is 9.59 Å². The number of carbonyl (C=O) groups is 2. The molecule has 0 aromatic heterocycles. The molecule has 106 valence electrons. The minimum absolute atomic E-state index is 0.0223. The van der Waals surface area contributed by atoms with E-state index in [-0.39, 0.29) is 18.2 Å². The average Bonchev–Trinajstić information content (AvgIpc) is 2.54. The second-order valence-corrected chi connectivity index (χ2v) is 4.44. The summed E-state index contributed by atoms with van der Waals surface area (Å²) in [4.78, 5) is 23.2. The first-order valence-corrected chi connectivity index (χ1v) is 6.56. The molecule has 0 unspecified atom stereocenters. The van der Waals surface area contributed by atoms with Gasteiger partial charge in [-0.15, -0.1) is 0 Å². The van der Waals surface area contributed by atoms with Gasteiger partial charge in [-0.2, -0.15) is 0 Å². The fraction of sp³-hybridized carbons (Fsp3) is 0.0588. The molecular weight excluding hydrogens is 264 g/mol. The summed E-state index contributed by atoms with van der Waals surface area (Å²) in [5.74, 6) is -0.353. The Bertz CT molecular complexity index is 646. The Kier molecular flexibility index (Phi) is 5.01. The summed E-state index contributed by atoms with van der Waals surface area (Å²) in [6.45, 7) is -0.0223. The van der Waals surface area contributed by atoms with Gasteiger partial charge in [-0.1, -0.05) is 30.3 Å². The zero-order valence-electron chi connectivity index (χ0n) is 11.5. The van der Waals surface area contributed by atoms with E-state index in [1.165, 1.54) is 6.08 Å². The zero-order valence-corrected chi connectivity index (χ0v) is 11.5. The van der Waals surface area contributed by atoms with Crippen LogP contribution in [0.5, 0.6) is 0 Å². The molecule has 0 atom stereocenters. The lowest BCUT2D eigenvalue weighted by Crippen LogP contribution is -2.13. The number of nitrogens with two attached hydrogens (primary N) is 1. The molecule has 4 heteroatoms. The molecular formula is C17H16N2O2. The first-order chi connectivity index (χ1) is 10.2. The van der Waals surface area contributed by atoms with E-state index in [4.69, 9.17) is 5.73 Å². The minimum Gasteiger partial charge on any atom is -0.324 e. The Morgan fingerprint density at radius 3 is 2.29 bits per heavy atom. The van der Waals surface area contributed by atoms with E-state index >= 15 is 0 Å². The van der Waals surface area contributed by atoms with E-state index in [2.05, 4.69) is 5.32 Å². The number of benzene rings is 2. The molecule has 0 saturated carbocycles. The normalized spacial score (nSPS) is 10.5. The third kappa shape index (κ3) is 4.40. The Morgan fingerprint density at radius 1 is 1.00 bits per heavy atom. The highest BCUT2D eigenvalue weighted by molar-refractivity contribution is 6.02. The maximum atomic E-state index is 11.8. The first kappa shape index (κ1) is 14.7. The van der Waals surface area contributed by atoms with Crippen LogP contribution in [0.2, 0.25) is 0 Å². The molecule has 0 heterocycles. The van der Waals surface area contributed by atoms with Crippen molar-refractivity contribution in [3.8, 4) is 0 Å². The smallest absolute Gasteiger partial charge is 0.248 e. The van der Waals surface area contributed by atoms with Crippen molar-refractivity contribution in [2.45, 2.75) is 0 Å². The number of nitrogens with one attached hydrogen (secondary N) is 1. The lowest BCUT2D eigenvalue weighted by Gasteiger charge is -2.03. The molecule has 1 amide bonds. The maximum Gasteiger partial charge on any atom is 0.248 e. The van der Waals surface area contributed by atoms with Gasteiger partial charge >= 0.3 is 0 Å². The van der Waals surface area contributed by atoms with Crippen LogP contribution in [0.1, 0.15) is 15.9 Å². The van der Waals surface area contributed by atoms with E-state index < -0.39 is 0 Å². The quantitative estimate of drug-likeness (QED) is 0.653. The molecule has 0 fully saturated rings. The molecule has 0 aliphatic rings. The lowest BCUT2D eigenvalue weighted by atomic mass is 10.1. The van der Waals surface area contributed by atoms with Crippen molar-refractivity contribution >= 4 is 23.5 Å². The summed E-state index contributed by atoms with van der Waals surface area (Å²) < 4.78 is 0. The second-order valence-electron chi connectivity index (χ2n) is 4.44. The standard InChI is InChI=1S/C17H16N2O2/c18-12-16(20)14-7-9-15(10-8-14)19-17(21)11-6-13-4-2-1-3-5-13/h1-11H,12,18H2,(H,19,21)/b11-6+. The number of rotatable bonds is 5. The molecule has 0 saturated heterocycles. The molecule has 2 aromatic rings. The van der Waals surface area contributed by atoms with E-state index in [0.29, 0.717) is 11.3 Å². The number of amides is 1. The van der Waals surface area contributed by atoms with Gasteiger partial charge in [0.25, 0.3) is 0 Å². The van der Waals surface area contributed by atoms with Crippen LogP contribution in [-0.2, 0) is 4.79 Å². The van der Waals surface area contributed by atoms with Gasteiger partial charge in [0.05, 0.1) is 6.54 Å². The van der Waals surface area contributed by atoms with Crippen LogP contribution in [0, 0.1) is 0 Å². The summed E-state index contributed by atoms with van der Waals surface area (Å²) in [7, 11) is 0. The van der Waals surface area contributed by atoms with Gasteiger partial charge in [0.2, 0.25) is 5.91 Å². The Balaban J connectivity index is 1.97. The van der Waals surface area contributed by atoms with Gasteiger partial charge in [-0.3, -0.25) is 9.59 Å². The molecule has 0 bridgehead atoms. The number of ketones is 1. The molecule has 2 rings (SSSR count). The zero-order chi connectivity index (χ0) is 15.1. The van der Waals surface area contributed by atoms with Gasteiger partial charge in [-0.05, 0) is 35.9 Å². The number of hydrogen-bond acceptors (Lipinski definition) is 3. The van der Waals surface area contributed by atoms with Crippen LogP contribution in [0.25, 0.3) is 6.08 Å². The minimum atomic E-state index is -0.225. The molecule has 0 spiro atoms. The van der Waals surface area contributed by atoms with Gasteiger partial charge in [-0.25, -0.2) is 0 Å². The third-order valence-electron chi connectivity index (χ3n) is 2.89. The monoisotopic (exact) mass is 280 g/mol. The van der Waals surface area contributed by atoms with Crippen molar-refractivity contribution in [3.63, 3.8) is 0 Å². The van der Waals surface area contributed by atoms with Crippen LogP contribution in [0.3, 0.4) is 0 Å². The number of Topliss-reactive ketones (excluding diaryl/α,β-unsaturated/α-hetero) is 1. The van der Waals surface area contributed by atoms with E-state index in [1.54, 1.807) is 30.3 Å². The first-order valence-electron chi connectivity index (χ1n) is 6.56. The van der Waals surface area contributed by atoms with Crippen LogP contribution in [-0.4, -0.2) is 18.2 Å². The molecule has 0 aliphatic heterocycles. The summed E-state index contributed by atoms with van der Waals surface area (Å²) in [5.41, 5.74) is 7.41. The highest BCUT2D eigenvalue weighted by Gasteiger charge is 2.03. The second kappa shape index (κ2) is 7.17. The average molecular weight is 280 g/mol. The van der Waals surface area contributed by atoms with Crippen molar-refractivity contribution in [2.75, 3.05) is 11.9 Å². The summed E-state index contributed by atoms with van der Waals surface area (Å²) in [6, 6.07) is 16.2. The third-order valence-corrected chi connectivity index (χ3v) is 2.89. The fourth-order valence-electron chi connectivity index (χ4n) is 1.78.